The molecule has 0 aliphatic rings. The lowest BCUT2D eigenvalue weighted by Gasteiger charge is -2.19. The minimum Gasteiger partial charge on any atom is -0.398 e. The maximum Gasteiger partial charge on any atom is 0.0719 e. The number of aryl methyl sites for hydroxylation is 1. The van der Waals surface area contributed by atoms with Crippen LogP contribution in [0.2, 0.25) is 0 Å². The maximum atomic E-state index is 6.76. The quantitative estimate of drug-likeness (QED) is 0.242. The van der Waals surface area contributed by atoms with E-state index in [4.69, 9.17) is 11.5 Å². The van der Waals surface area contributed by atoms with Crippen molar-refractivity contribution >= 4 is 59.1 Å². The standard InChI is InChI=1S/C25H21N2Si/c1-12-10-19(13(2)14(3)25(12)28)20-11-16-5-7-17-21(26)9-6-15-4-8-18(24(20)27)23(16)22(15)17/h4-11H,26-27H2,1-3H3. The van der Waals surface area contributed by atoms with Crippen LogP contribution in [0, 0.1) is 20.8 Å². The second-order valence-electron chi connectivity index (χ2n) is 7.78. The molecule has 5 aromatic carbocycles. The lowest BCUT2D eigenvalue weighted by atomic mass is 9.87. The first-order valence-corrected chi connectivity index (χ1v) is 9.96. The number of hydrogen-bond acceptors (Lipinski definition) is 2. The fourth-order valence-electron chi connectivity index (χ4n) is 4.51. The van der Waals surface area contributed by atoms with Gasteiger partial charge in [0.15, 0.2) is 0 Å². The number of nitrogen functional groups attached to an aromatic ring is 2. The highest BCUT2D eigenvalue weighted by Crippen LogP contribution is 2.43. The molecule has 0 atom stereocenters. The van der Waals surface area contributed by atoms with Crippen LogP contribution in [0.3, 0.4) is 0 Å². The molecular formula is C25H21N2Si. The molecule has 0 saturated carbocycles. The molecule has 5 rings (SSSR count). The van der Waals surface area contributed by atoms with Crippen LogP contribution in [0.15, 0.2) is 48.5 Å². The smallest absolute Gasteiger partial charge is 0.0719 e. The van der Waals surface area contributed by atoms with E-state index in [0.717, 1.165) is 32.9 Å². The second kappa shape index (κ2) is 5.73. The number of rotatable bonds is 1. The first-order valence-electron chi connectivity index (χ1n) is 9.46. The molecule has 3 radical (unpaired) electrons. The Kier molecular flexibility index (Phi) is 3.49. The molecule has 0 fully saturated rings. The second-order valence-corrected chi connectivity index (χ2v) is 8.28. The van der Waals surface area contributed by atoms with Gasteiger partial charge in [0.1, 0.15) is 0 Å². The summed E-state index contributed by atoms with van der Waals surface area (Å²) < 4.78 is 0. The summed E-state index contributed by atoms with van der Waals surface area (Å²) >= 11 is 0. The van der Waals surface area contributed by atoms with Crippen molar-refractivity contribution in [3.63, 3.8) is 0 Å². The van der Waals surface area contributed by atoms with Crippen molar-refractivity contribution in [3.8, 4) is 11.1 Å². The zero-order valence-corrected chi connectivity index (χ0v) is 17.3. The Labute approximate surface area is 167 Å². The van der Waals surface area contributed by atoms with E-state index in [9.17, 15) is 0 Å². The lowest BCUT2D eigenvalue weighted by Crippen LogP contribution is -2.14. The number of anilines is 2. The van der Waals surface area contributed by atoms with E-state index in [-0.39, 0.29) is 0 Å². The van der Waals surface area contributed by atoms with Gasteiger partial charge in [-0.05, 0) is 71.1 Å². The lowest BCUT2D eigenvalue weighted by molar-refractivity contribution is 1.33. The molecule has 0 amide bonds. The molecule has 135 valence electrons. The van der Waals surface area contributed by atoms with Crippen LogP contribution in [-0.4, -0.2) is 10.2 Å². The van der Waals surface area contributed by atoms with Crippen molar-refractivity contribution < 1.29 is 0 Å². The number of hydrogen-bond donors (Lipinski definition) is 2. The summed E-state index contributed by atoms with van der Waals surface area (Å²) in [5.41, 5.74) is 20.7. The minimum atomic E-state index is 0.805. The van der Waals surface area contributed by atoms with E-state index in [1.807, 2.05) is 6.07 Å². The molecule has 0 aromatic heterocycles. The summed E-state index contributed by atoms with van der Waals surface area (Å²) in [5, 5.41) is 8.13. The van der Waals surface area contributed by atoms with Crippen LogP contribution in [0.4, 0.5) is 11.4 Å². The molecular weight excluding hydrogens is 356 g/mol. The third-order valence-electron chi connectivity index (χ3n) is 6.25. The van der Waals surface area contributed by atoms with Crippen molar-refractivity contribution in [1.29, 1.82) is 0 Å². The van der Waals surface area contributed by atoms with E-state index < -0.39 is 0 Å². The normalized spacial score (nSPS) is 11.9. The van der Waals surface area contributed by atoms with E-state index in [1.165, 1.54) is 43.8 Å². The third-order valence-corrected chi connectivity index (χ3v) is 7.01. The highest BCUT2D eigenvalue weighted by atomic mass is 28.1. The number of benzene rings is 5. The van der Waals surface area contributed by atoms with Gasteiger partial charge in [0.05, 0.1) is 10.2 Å². The van der Waals surface area contributed by atoms with Gasteiger partial charge in [0, 0.05) is 27.7 Å². The van der Waals surface area contributed by atoms with Crippen LogP contribution in [0.5, 0.6) is 0 Å². The Morgan fingerprint density at radius 1 is 0.679 bits per heavy atom. The van der Waals surface area contributed by atoms with Crippen molar-refractivity contribution in [2.45, 2.75) is 20.8 Å². The van der Waals surface area contributed by atoms with Crippen LogP contribution in [-0.2, 0) is 0 Å². The van der Waals surface area contributed by atoms with Crippen molar-refractivity contribution in [1.82, 2.24) is 0 Å². The first kappa shape index (κ1) is 17.1. The van der Waals surface area contributed by atoms with Gasteiger partial charge >= 0.3 is 0 Å². The van der Waals surface area contributed by atoms with Crippen LogP contribution in [0.25, 0.3) is 43.4 Å². The number of nitrogens with two attached hydrogens (primary N) is 2. The largest absolute Gasteiger partial charge is 0.398 e. The van der Waals surface area contributed by atoms with Gasteiger partial charge in [-0.1, -0.05) is 47.1 Å². The van der Waals surface area contributed by atoms with Crippen LogP contribution < -0.4 is 16.7 Å². The predicted octanol–water partition coefficient (Wildman–Crippen LogP) is 5.13. The van der Waals surface area contributed by atoms with E-state index in [0.29, 0.717) is 0 Å². The molecule has 0 unspecified atom stereocenters. The van der Waals surface area contributed by atoms with Gasteiger partial charge in [0.2, 0.25) is 0 Å². The minimum absolute atomic E-state index is 0.805. The molecule has 0 aliphatic carbocycles. The summed E-state index contributed by atoms with van der Waals surface area (Å²) in [6.45, 7) is 6.44. The van der Waals surface area contributed by atoms with Crippen molar-refractivity contribution in [2.24, 2.45) is 0 Å². The highest BCUT2D eigenvalue weighted by molar-refractivity contribution is 6.34. The monoisotopic (exact) mass is 377 g/mol. The molecule has 0 heterocycles. The summed E-state index contributed by atoms with van der Waals surface area (Å²) in [5.74, 6) is 0. The van der Waals surface area contributed by atoms with E-state index in [1.54, 1.807) is 0 Å². The Morgan fingerprint density at radius 3 is 2.11 bits per heavy atom. The fourth-order valence-corrected chi connectivity index (χ4v) is 4.76. The van der Waals surface area contributed by atoms with Gasteiger partial charge in [0.25, 0.3) is 0 Å². The zero-order valence-electron chi connectivity index (χ0n) is 16.3. The molecule has 5 aromatic rings. The summed E-state index contributed by atoms with van der Waals surface area (Å²) in [4.78, 5) is 0. The van der Waals surface area contributed by atoms with Gasteiger partial charge in [-0.25, -0.2) is 0 Å². The average molecular weight is 378 g/mol. The molecule has 28 heavy (non-hydrogen) atoms. The van der Waals surface area contributed by atoms with E-state index in [2.05, 4.69) is 73.5 Å². The SMILES string of the molecule is Cc1cc(-c2cc3ccc4c(N)ccc5ccc(c2N)c3c54)c(C)c(C)c1[Si]. The van der Waals surface area contributed by atoms with Crippen molar-refractivity contribution in [2.75, 3.05) is 11.5 Å². The fraction of sp³-hybridized carbons (Fsp3) is 0.120. The summed E-state index contributed by atoms with van der Waals surface area (Å²) in [6, 6.07) is 17.1. The van der Waals surface area contributed by atoms with Crippen LogP contribution >= 0.6 is 0 Å². The van der Waals surface area contributed by atoms with Crippen LogP contribution in [0.1, 0.15) is 16.7 Å². The van der Waals surface area contributed by atoms with Gasteiger partial charge in [-0.3, -0.25) is 0 Å². The Balaban J connectivity index is 1.95. The van der Waals surface area contributed by atoms with Gasteiger partial charge in [-0.2, -0.15) is 0 Å². The molecule has 3 heteroatoms. The summed E-state index contributed by atoms with van der Waals surface area (Å²) in [6.07, 6.45) is 0. The average Bonchev–Trinajstić information content (AvgIpc) is 2.70. The van der Waals surface area contributed by atoms with Gasteiger partial charge in [-0.15, -0.1) is 0 Å². The zero-order chi connectivity index (χ0) is 19.7. The predicted molar refractivity (Wildman–Crippen MR) is 124 cm³/mol. The molecule has 4 N–H and O–H groups in total. The maximum absolute atomic E-state index is 6.76. The molecule has 2 nitrogen and oxygen atoms in total. The highest BCUT2D eigenvalue weighted by Gasteiger charge is 2.17. The Morgan fingerprint density at radius 2 is 1.32 bits per heavy atom. The molecule has 0 saturated heterocycles. The first-order chi connectivity index (χ1) is 13.4. The molecule has 0 bridgehead atoms. The topological polar surface area (TPSA) is 52.0 Å². The van der Waals surface area contributed by atoms with Gasteiger partial charge < -0.3 is 11.5 Å². The van der Waals surface area contributed by atoms with E-state index >= 15 is 0 Å². The Bertz CT molecular complexity index is 1420. The molecule has 0 spiro atoms. The third kappa shape index (κ3) is 2.14. The summed E-state index contributed by atoms with van der Waals surface area (Å²) in [7, 11) is 3.77. The molecule has 0 aliphatic heterocycles. The van der Waals surface area contributed by atoms with Crippen molar-refractivity contribution in [3.05, 3.63) is 65.2 Å². The Hall–Kier alpha value is -3.04.